The number of halogens is 2. The lowest BCUT2D eigenvalue weighted by Gasteiger charge is -2.46. The maximum absolute atomic E-state index is 13.2. The topological polar surface area (TPSA) is 32.8 Å². The van der Waals surface area contributed by atoms with Gasteiger partial charge < -0.3 is 0 Å². The maximum Gasteiger partial charge on any atom is 0.280 e. The van der Waals surface area contributed by atoms with Crippen LogP contribution in [0.4, 0.5) is 4.39 Å². The van der Waals surface area contributed by atoms with E-state index in [-0.39, 0.29) is 23.9 Å². The Morgan fingerprint density at radius 2 is 1.92 bits per heavy atom. The molecule has 6 heteroatoms. The molecular formula is C19H16ClFN2O2. The second-order valence-corrected chi connectivity index (χ2v) is 6.48. The van der Waals surface area contributed by atoms with Crippen LogP contribution in [0.5, 0.6) is 0 Å². The molecule has 2 aliphatic heterocycles. The third kappa shape index (κ3) is 3.06. The second-order valence-electron chi connectivity index (χ2n) is 6.07. The van der Waals surface area contributed by atoms with Crippen molar-refractivity contribution < 1.29 is 14.0 Å². The number of carbonyl (C=O) groups is 1. The highest BCUT2D eigenvalue weighted by Crippen LogP contribution is 2.35. The number of fused-ring (bicyclic) bond motifs is 2. The van der Waals surface area contributed by atoms with Gasteiger partial charge in [-0.2, -0.15) is 0 Å². The summed E-state index contributed by atoms with van der Waals surface area (Å²) in [6.07, 6.45) is 3.64. The lowest BCUT2D eigenvalue weighted by Crippen LogP contribution is -2.55. The van der Waals surface area contributed by atoms with Gasteiger partial charge >= 0.3 is 0 Å². The summed E-state index contributed by atoms with van der Waals surface area (Å²) in [7, 11) is 0. The quantitative estimate of drug-likeness (QED) is 0.765. The van der Waals surface area contributed by atoms with E-state index in [1.807, 2.05) is 12.2 Å². The van der Waals surface area contributed by atoms with Crippen LogP contribution < -0.4 is 0 Å². The molecule has 128 valence electrons. The van der Waals surface area contributed by atoms with Gasteiger partial charge in [-0.15, -0.1) is 0 Å². The fourth-order valence-corrected chi connectivity index (χ4v) is 3.50. The lowest BCUT2D eigenvalue weighted by molar-refractivity contribution is -0.232. The van der Waals surface area contributed by atoms with Crippen molar-refractivity contribution in [3.05, 3.63) is 82.6 Å². The Bertz CT molecular complexity index is 824. The molecule has 1 saturated heterocycles. The first-order valence-corrected chi connectivity index (χ1v) is 8.40. The van der Waals surface area contributed by atoms with Crippen molar-refractivity contribution in [2.75, 3.05) is 13.2 Å². The lowest BCUT2D eigenvalue weighted by atomic mass is 9.96. The van der Waals surface area contributed by atoms with Crippen molar-refractivity contribution in [2.45, 2.75) is 12.1 Å². The van der Waals surface area contributed by atoms with Crippen LogP contribution in [0.3, 0.4) is 0 Å². The highest BCUT2D eigenvalue weighted by molar-refractivity contribution is 6.33. The molecule has 0 saturated carbocycles. The van der Waals surface area contributed by atoms with E-state index in [1.165, 1.54) is 17.2 Å². The Kier molecular flexibility index (Phi) is 4.29. The van der Waals surface area contributed by atoms with Crippen LogP contribution in [0.2, 0.25) is 5.02 Å². The van der Waals surface area contributed by atoms with E-state index in [9.17, 15) is 9.18 Å². The SMILES string of the molecule is O=C(c1ccccc1Cl)N1CN2CC=CC(O1)C2c1ccc(F)cc1. The number of hydrogen-bond acceptors (Lipinski definition) is 3. The number of rotatable bonds is 2. The molecule has 2 heterocycles. The first-order chi connectivity index (χ1) is 12.1. The molecule has 2 aromatic carbocycles. The summed E-state index contributed by atoms with van der Waals surface area (Å²) >= 11 is 6.13. The van der Waals surface area contributed by atoms with Gasteiger partial charge in [0.15, 0.2) is 0 Å². The third-order valence-corrected chi connectivity index (χ3v) is 4.80. The summed E-state index contributed by atoms with van der Waals surface area (Å²) in [5, 5.41) is 1.74. The monoisotopic (exact) mass is 358 g/mol. The van der Waals surface area contributed by atoms with Crippen LogP contribution in [0.1, 0.15) is 22.0 Å². The van der Waals surface area contributed by atoms with Crippen LogP contribution in [0, 0.1) is 5.82 Å². The normalized spacial score (nSPS) is 25.0. The van der Waals surface area contributed by atoms with Crippen molar-refractivity contribution in [2.24, 2.45) is 0 Å². The standard InChI is InChI=1S/C19H16ClFN2O2/c20-16-5-2-1-4-15(16)19(24)23-12-22-11-3-6-17(25-23)18(22)13-7-9-14(21)10-8-13/h1-10,17-18H,11-12H2. The van der Waals surface area contributed by atoms with Gasteiger partial charge in [-0.1, -0.05) is 48.0 Å². The minimum absolute atomic E-state index is 0.0547. The van der Waals surface area contributed by atoms with Gasteiger partial charge in [-0.25, -0.2) is 9.45 Å². The van der Waals surface area contributed by atoms with E-state index in [1.54, 1.807) is 36.4 Å². The van der Waals surface area contributed by atoms with E-state index >= 15 is 0 Å². The van der Waals surface area contributed by atoms with Gasteiger partial charge in [0.05, 0.1) is 16.6 Å². The van der Waals surface area contributed by atoms with Crippen LogP contribution in [0.25, 0.3) is 0 Å². The minimum atomic E-state index is -0.320. The molecule has 3 unspecified atom stereocenters. The minimum Gasteiger partial charge on any atom is -0.270 e. The van der Waals surface area contributed by atoms with Crippen LogP contribution in [0.15, 0.2) is 60.7 Å². The Hall–Kier alpha value is -2.21. The Morgan fingerprint density at radius 1 is 1.16 bits per heavy atom. The number of carbonyl (C=O) groups excluding carboxylic acids is 1. The van der Waals surface area contributed by atoms with Gasteiger partial charge in [-0.3, -0.25) is 14.5 Å². The fraction of sp³-hybridized carbons (Fsp3) is 0.211. The molecule has 1 amide bonds. The molecule has 0 aromatic heterocycles. The summed E-state index contributed by atoms with van der Waals surface area (Å²) in [5.41, 5.74) is 1.37. The average Bonchev–Trinajstić information content (AvgIpc) is 2.61. The Balaban J connectivity index is 1.59. The summed E-state index contributed by atoms with van der Waals surface area (Å²) < 4.78 is 13.2. The molecule has 2 aliphatic rings. The number of hydroxylamine groups is 2. The summed E-state index contributed by atoms with van der Waals surface area (Å²) in [5.74, 6) is -0.542. The smallest absolute Gasteiger partial charge is 0.270 e. The van der Waals surface area contributed by atoms with E-state index in [0.29, 0.717) is 23.8 Å². The van der Waals surface area contributed by atoms with E-state index < -0.39 is 0 Å². The van der Waals surface area contributed by atoms with E-state index in [0.717, 1.165) is 5.56 Å². The largest absolute Gasteiger partial charge is 0.280 e. The first kappa shape index (κ1) is 16.3. The van der Waals surface area contributed by atoms with Crippen LogP contribution >= 0.6 is 11.6 Å². The highest BCUT2D eigenvalue weighted by atomic mass is 35.5. The van der Waals surface area contributed by atoms with Crippen molar-refractivity contribution in [1.29, 1.82) is 0 Å². The average molecular weight is 359 g/mol. The van der Waals surface area contributed by atoms with Gasteiger partial charge in [-0.05, 0) is 29.8 Å². The van der Waals surface area contributed by atoms with Crippen molar-refractivity contribution in [3.8, 4) is 0 Å². The molecule has 1 fully saturated rings. The third-order valence-electron chi connectivity index (χ3n) is 4.47. The predicted octanol–water partition coefficient (Wildman–Crippen LogP) is 3.81. The van der Waals surface area contributed by atoms with Crippen molar-refractivity contribution in [3.63, 3.8) is 0 Å². The summed E-state index contributed by atoms with van der Waals surface area (Å²) in [6, 6.07) is 13.3. The molecule has 4 rings (SSSR count). The van der Waals surface area contributed by atoms with E-state index in [4.69, 9.17) is 16.4 Å². The number of hydrogen-bond donors (Lipinski definition) is 0. The van der Waals surface area contributed by atoms with Crippen molar-refractivity contribution >= 4 is 17.5 Å². The number of benzene rings is 2. The summed E-state index contributed by atoms with van der Waals surface area (Å²) in [4.78, 5) is 20.8. The highest BCUT2D eigenvalue weighted by Gasteiger charge is 2.39. The van der Waals surface area contributed by atoms with Gasteiger partial charge in [0.2, 0.25) is 0 Å². The van der Waals surface area contributed by atoms with E-state index in [2.05, 4.69) is 4.90 Å². The molecular weight excluding hydrogens is 343 g/mol. The van der Waals surface area contributed by atoms with Gasteiger partial charge in [0.25, 0.3) is 5.91 Å². The van der Waals surface area contributed by atoms with Crippen LogP contribution in [-0.4, -0.2) is 35.2 Å². The molecule has 4 nitrogen and oxygen atoms in total. The van der Waals surface area contributed by atoms with Crippen LogP contribution in [-0.2, 0) is 4.84 Å². The zero-order valence-corrected chi connectivity index (χ0v) is 14.1. The molecule has 25 heavy (non-hydrogen) atoms. The Morgan fingerprint density at radius 3 is 2.64 bits per heavy atom. The van der Waals surface area contributed by atoms with Crippen molar-refractivity contribution in [1.82, 2.24) is 9.96 Å². The Labute approximate surface area is 150 Å². The molecule has 0 N–H and O–H groups in total. The predicted molar refractivity (Wildman–Crippen MR) is 92.3 cm³/mol. The van der Waals surface area contributed by atoms with Gasteiger partial charge in [0.1, 0.15) is 18.6 Å². The zero-order chi connectivity index (χ0) is 17.4. The number of amides is 1. The van der Waals surface area contributed by atoms with Gasteiger partial charge in [0, 0.05) is 6.54 Å². The molecule has 0 radical (unpaired) electrons. The zero-order valence-electron chi connectivity index (χ0n) is 13.3. The second kappa shape index (κ2) is 6.59. The maximum atomic E-state index is 13.2. The first-order valence-electron chi connectivity index (χ1n) is 8.03. The fourth-order valence-electron chi connectivity index (χ4n) is 3.28. The summed E-state index contributed by atoms with van der Waals surface area (Å²) in [6.45, 7) is 1.00. The molecule has 0 aliphatic carbocycles. The number of nitrogens with zero attached hydrogens (tertiary/aromatic N) is 2. The molecule has 3 atom stereocenters. The molecule has 2 bridgehead atoms. The molecule has 2 aromatic rings. The molecule has 0 spiro atoms.